The Balaban J connectivity index is 1.73. The monoisotopic (exact) mass is 459 g/mol. The van der Waals surface area contributed by atoms with Crippen LogP contribution in [-0.4, -0.2) is 41.7 Å². The molecule has 0 bridgehead atoms. The normalized spacial score (nSPS) is 11.9. The van der Waals surface area contributed by atoms with Crippen LogP contribution < -0.4 is 10.5 Å². The number of nitrogens with two attached hydrogens (primary N) is 1. The van der Waals surface area contributed by atoms with E-state index in [9.17, 15) is 31.2 Å². The van der Waals surface area contributed by atoms with Gasteiger partial charge in [-0.25, -0.2) is 28.0 Å². The van der Waals surface area contributed by atoms with Crippen molar-refractivity contribution in [2.45, 2.75) is 11.3 Å². The Labute approximate surface area is 171 Å². The summed E-state index contributed by atoms with van der Waals surface area (Å²) in [5.74, 6) is -2.71. The van der Waals surface area contributed by atoms with E-state index in [2.05, 4.69) is 20.1 Å². The van der Waals surface area contributed by atoms with Gasteiger partial charge >= 0.3 is 12.1 Å². The summed E-state index contributed by atoms with van der Waals surface area (Å²) in [7, 11) is -4.19. The summed E-state index contributed by atoms with van der Waals surface area (Å²) in [6.45, 7) is -0.905. The predicted octanol–water partition coefficient (Wildman–Crippen LogP) is 1.32. The number of sulfonamides is 1. The molecule has 1 amide bonds. The third-order valence-electron chi connectivity index (χ3n) is 3.66. The first-order valence-corrected chi connectivity index (χ1v) is 9.65. The minimum Gasteiger partial charge on any atom is -0.450 e. The molecule has 11 nitrogen and oxygen atoms in total. The molecule has 0 radical (unpaired) electrons. The second-order valence-corrected chi connectivity index (χ2v) is 7.35. The molecule has 0 atom stereocenters. The van der Waals surface area contributed by atoms with E-state index in [0.717, 1.165) is 35.3 Å². The molecule has 3 rings (SSSR count). The number of anilines is 1. The number of alkyl halides is 3. The van der Waals surface area contributed by atoms with E-state index in [1.165, 1.54) is 6.33 Å². The minimum absolute atomic E-state index is 0.0778. The van der Waals surface area contributed by atoms with Crippen LogP contribution in [0.15, 0.2) is 52.5 Å². The lowest BCUT2D eigenvalue weighted by Gasteiger charge is -2.14. The Kier molecular flexibility index (Phi) is 5.81. The van der Waals surface area contributed by atoms with Crippen LogP contribution in [0, 0.1) is 0 Å². The fourth-order valence-electron chi connectivity index (χ4n) is 2.32. The quantitative estimate of drug-likeness (QED) is 0.522. The summed E-state index contributed by atoms with van der Waals surface area (Å²) < 4.78 is 71.9. The highest BCUT2D eigenvalue weighted by atomic mass is 32.2. The zero-order valence-electron chi connectivity index (χ0n) is 15.2. The van der Waals surface area contributed by atoms with Crippen LogP contribution in [0.25, 0.3) is 5.69 Å². The van der Waals surface area contributed by atoms with Gasteiger partial charge in [-0.15, -0.1) is 0 Å². The molecule has 0 fully saturated rings. The van der Waals surface area contributed by atoms with E-state index < -0.39 is 51.1 Å². The minimum atomic E-state index is -4.67. The molecular weight excluding hydrogens is 447 g/mol. The fraction of sp³-hybridized carbons (Fsp3) is 0.125. The first kappa shape index (κ1) is 22.0. The third-order valence-corrected chi connectivity index (χ3v) is 4.44. The molecule has 0 aliphatic carbocycles. The van der Waals surface area contributed by atoms with Crippen LogP contribution in [-0.2, 0) is 25.7 Å². The summed E-state index contributed by atoms with van der Waals surface area (Å²) in [6.07, 6.45) is -2.32. The number of nitrogens with one attached hydrogen (secondary N) is 1. The van der Waals surface area contributed by atoms with Gasteiger partial charge in [0.05, 0.1) is 16.9 Å². The van der Waals surface area contributed by atoms with Crippen LogP contribution in [0.2, 0.25) is 0 Å². The first-order chi connectivity index (χ1) is 14.4. The first-order valence-electron chi connectivity index (χ1n) is 8.11. The van der Waals surface area contributed by atoms with E-state index in [4.69, 9.17) is 9.56 Å². The number of halogens is 3. The molecule has 15 heteroatoms. The molecule has 3 aromatic rings. The molecule has 164 valence electrons. The number of amides is 1. The highest BCUT2D eigenvalue weighted by molar-refractivity contribution is 7.89. The van der Waals surface area contributed by atoms with Gasteiger partial charge in [-0.05, 0) is 30.3 Å². The zero-order chi connectivity index (χ0) is 22.8. The summed E-state index contributed by atoms with van der Waals surface area (Å²) in [6, 6.07) is 4.44. The van der Waals surface area contributed by atoms with E-state index in [0.29, 0.717) is 6.07 Å². The Morgan fingerprint density at radius 2 is 1.97 bits per heavy atom. The third kappa shape index (κ3) is 5.26. The van der Waals surface area contributed by atoms with Crippen LogP contribution >= 0.6 is 0 Å². The van der Waals surface area contributed by atoms with Crippen molar-refractivity contribution in [2.24, 2.45) is 5.14 Å². The molecule has 3 N–H and O–H groups in total. The van der Waals surface area contributed by atoms with Gasteiger partial charge in [0, 0.05) is 0 Å². The van der Waals surface area contributed by atoms with Crippen LogP contribution in [0.3, 0.4) is 0 Å². The number of aromatic nitrogens is 3. The van der Waals surface area contributed by atoms with Gasteiger partial charge in [-0.2, -0.15) is 18.3 Å². The summed E-state index contributed by atoms with van der Waals surface area (Å²) in [5.41, 5.74) is -1.22. The molecule has 1 aromatic carbocycles. The number of rotatable bonds is 6. The van der Waals surface area contributed by atoms with Crippen LogP contribution in [0.4, 0.5) is 18.9 Å². The average Bonchev–Trinajstić information content (AvgIpc) is 3.37. The predicted molar refractivity (Wildman–Crippen MR) is 95.4 cm³/mol. The maximum atomic E-state index is 13.0. The number of primary sulfonamides is 1. The van der Waals surface area contributed by atoms with Gasteiger partial charge in [0.25, 0.3) is 15.9 Å². The van der Waals surface area contributed by atoms with Crippen molar-refractivity contribution < 1.29 is 40.3 Å². The summed E-state index contributed by atoms with van der Waals surface area (Å²) in [4.78, 5) is 27.7. The lowest BCUT2D eigenvalue weighted by molar-refractivity contribution is -0.137. The molecule has 0 aliphatic rings. The number of ether oxygens (including phenoxy) is 1. The lowest BCUT2D eigenvalue weighted by atomic mass is 10.1. The van der Waals surface area contributed by atoms with Crippen molar-refractivity contribution in [3.8, 4) is 5.69 Å². The molecule has 0 unspecified atom stereocenters. The zero-order valence-corrected chi connectivity index (χ0v) is 16.0. The smallest absolute Gasteiger partial charge is 0.416 e. The number of carbonyl (C=O) groups excluding carboxylic acids is 2. The molecule has 0 spiro atoms. The number of benzene rings is 1. The Morgan fingerprint density at radius 1 is 1.23 bits per heavy atom. The largest absolute Gasteiger partial charge is 0.450 e. The van der Waals surface area contributed by atoms with Crippen molar-refractivity contribution in [3.63, 3.8) is 0 Å². The number of nitrogens with zero attached hydrogens (tertiary/aromatic N) is 3. The van der Waals surface area contributed by atoms with E-state index in [-0.39, 0.29) is 11.4 Å². The van der Waals surface area contributed by atoms with Gasteiger partial charge in [0.2, 0.25) is 10.9 Å². The number of esters is 1. The highest BCUT2D eigenvalue weighted by Crippen LogP contribution is 2.33. The van der Waals surface area contributed by atoms with Crippen molar-refractivity contribution in [1.82, 2.24) is 14.8 Å². The molecule has 2 aromatic heterocycles. The SMILES string of the molecule is NS(=O)(=O)c1ccc(C(=O)OCC(=O)Nc2cc(C(F)(F)F)ccc2-n2cncn2)o1. The number of hydrogen-bond donors (Lipinski definition) is 2. The van der Waals surface area contributed by atoms with Gasteiger partial charge in [-0.1, -0.05) is 0 Å². The topological polar surface area (TPSA) is 159 Å². The Hall–Kier alpha value is -3.72. The van der Waals surface area contributed by atoms with Crippen molar-refractivity contribution >= 4 is 27.6 Å². The maximum absolute atomic E-state index is 13.0. The average molecular weight is 459 g/mol. The molecule has 0 saturated heterocycles. The number of hydrogen-bond acceptors (Lipinski definition) is 8. The van der Waals surface area contributed by atoms with E-state index in [1.807, 2.05) is 0 Å². The summed E-state index contributed by atoms with van der Waals surface area (Å²) >= 11 is 0. The van der Waals surface area contributed by atoms with Crippen molar-refractivity contribution in [2.75, 3.05) is 11.9 Å². The molecule has 31 heavy (non-hydrogen) atoms. The van der Waals surface area contributed by atoms with Crippen LogP contribution in [0.1, 0.15) is 16.1 Å². The highest BCUT2D eigenvalue weighted by Gasteiger charge is 2.31. The van der Waals surface area contributed by atoms with Crippen molar-refractivity contribution in [3.05, 3.63) is 54.3 Å². The van der Waals surface area contributed by atoms with Gasteiger partial charge in [0.15, 0.2) is 6.61 Å². The van der Waals surface area contributed by atoms with E-state index >= 15 is 0 Å². The standard InChI is InChI=1S/C16H12F3N5O6S/c17-16(18,19)9-1-2-11(24-8-21-7-22-24)10(5-9)23-13(25)6-29-15(26)12-3-4-14(30-12)31(20,27)28/h1-5,7-8H,6H2,(H,23,25)(H2,20,27,28). The fourth-order valence-corrected chi connectivity index (χ4v) is 2.78. The lowest BCUT2D eigenvalue weighted by Crippen LogP contribution is -2.22. The molecule has 0 saturated carbocycles. The van der Waals surface area contributed by atoms with Crippen LogP contribution in [0.5, 0.6) is 0 Å². The second kappa shape index (κ2) is 8.19. The number of furan rings is 1. The van der Waals surface area contributed by atoms with Crippen molar-refractivity contribution in [1.29, 1.82) is 0 Å². The summed E-state index contributed by atoms with van der Waals surface area (Å²) in [5, 5.41) is 10.2. The maximum Gasteiger partial charge on any atom is 0.416 e. The molecule has 0 aliphatic heterocycles. The molecular formula is C16H12F3N5O6S. The van der Waals surface area contributed by atoms with E-state index in [1.54, 1.807) is 0 Å². The Bertz CT molecular complexity index is 1220. The van der Waals surface area contributed by atoms with Gasteiger partial charge in [0.1, 0.15) is 12.7 Å². The van der Waals surface area contributed by atoms with Gasteiger partial charge < -0.3 is 14.5 Å². The van der Waals surface area contributed by atoms with Gasteiger partial charge in [-0.3, -0.25) is 4.79 Å². The molecule has 2 heterocycles. The Morgan fingerprint density at radius 3 is 2.55 bits per heavy atom. The second-order valence-electron chi connectivity index (χ2n) is 5.86. The number of carbonyl (C=O) groups is 2.